The van der Waals surface area contributed by atoms with Crippen LogP contribution in [0, 0.1) is 5.21 Å². The summed E-state index contributed by atoms with van der Waals surface area (Å²) in [5.74, 6) is -1.71. The van der Waals surface area contributed by atoms with Crippen LogP contribution >= 0.6 is 11.8 Å². The summed E-state index contributed by atoms with van der Waals surface area (Å²) in [5, 5.41) is 13.4. The molecule has 3 amide bonds. The van der Waals surface area contributed by atoms with E-state index in [9.17, 15) is 24.4 Å². The first-order valence-corrected chi connectivity index (χ1v) is 7.56. The predicted molar refractivity (Wildman–Crippen MR) is 78.3 cm³/mol. The Morgan fingerprint density at radius 3 is 2.83 bits per heavy atom. The van der Waals surface area contributed by atoms with Crippen LogP contribution in [0.3, 0.4) is 0 Å². The van der Waals surface area contributed by atoms with E-state index < -0.39 is 18.5 Å². The van der Waals surface area contributed by atoms with Crippen LogP contribution in [0.4, 0.5) is 4.79 Å². The number of imide groups is 1. The van der Waals surface area contributed by atoms with Gasteiger partial charge in [-0.05, 0) is 6.07 Å². The van der Waals surface area contributed by atoms with Gasteiger partial charge in [0.05, 0.1) is 5.75 Å². The van der Waals surface area contributed by atoms with Crippen LogP contribution in [-0.4, -0.2) is 53.4 Å². The Hall–Kier alpha value is -2.62. The molecule has 2 heterocycles. The maximum Gasteiger partial charge on any atom is 0.405 e. The van der Waals surface area contributed by atoms with Gasteiger partial charge in [-0.2, -0.15) is 4.73 Å². The zero-order chi connectivity index (χ0) is 16.8. The third-order valence-corrected chi connectivity index (χ3v) is 3.72. The largest absolute Gasteiger partial charge is 0.618 e. The normalized spacial score (nSPS) is 14.0. The molecule has 9 nitrogen and oxygen atoms in total. The Labute approximate surface area is 135 Å². The van der Waals surface area contributed by atoms with Gasteiger partial charge < -0.3 is 15.3 Å². The first-order chi connectivity index (χ1) is 11.0. The van der Waals surface area contributed by atoms with Gasteiger partial charge in [-0.25, -0.2) is 4.79 Å². The highest BCUT2D eigenvalue weighted by molar-refractivity contribution is 8.14. The number of esters is 1. The van der Waals surface area contributed by atoms with Crippen molar-refractivity contribution in [3.05, 3.63) is 35.3 Å². The number of hydrogen-bond acceptors (Lipinski definition) is 7. The second-order valence-corrected chi connectivity index (χ2v) is 5.36. The Kier molecular flexibility index (Phi) is 5.52. The fourth-order valence-corrected chi connectivity index (χ4v) is 2.50. The number of carbonyl (C=O) groups is 4. The second-order valence-electron chi connectivity index (χ2n) is 4.44. The summed E-state index contributed by atoms with van der Waals surface area (Å²) < 4.78 is 5.05. The quantitative estimate of drug-likeness (QED) is 0.413. The van der Waals surface area contributed by atoms with E-state index in [1.54, 1.807) is 0 Å². The SMILES string of the molecule is O=C(COC(=O)c1cccc[n+]1[O-])NCCN1C(=O)CSC1=O. The van der Waals surface area contributed by atoms with Crippen LogP contribution in [0.25, 0.3) is 0 Å². The van der Waals surface area contributed by atoms with Crippen LogP contribution in [0.15, 0.2) is 24.4 Å². The maximum atomic E-state index is 11.6. The van der Waals surface area contributed by atoms with Gasteiger partial charge >= 0.3 is 11.7 Å². The molecule has 1 aliphatic rings. The van der Waals surface area contributed by atoms with Crippen molar-refractivity contribution in [2.75, 3.05) is 25.4 Å². The van der Waals surface area contributed by atoms with Gasteiger partial charge in [0.15, 0.2) is 12.8 Å². The summed E-state index contributed by atoms with van der Waals surface area (Å²) in [6.45, 7) is -0.449. The van der Waals surface area contributed by atoms with E-state index in [0.29, 0.717) is 4.73 Å². The van der Waals surface area contributed by atoms with E-state index in [2.05, 4.69) is 5.32 Å². The summed E-state index contributed by atoms with van der Waals surface area (Å²) in [6.07, 6.45) is 1.14. The third-order valence-electron chi connectivity index (χ3n) is 2.87. The van der Waals surface area contributed by atoms with Crippen molar-refractivity contribution < 1.29 is 28.6 Å². The van der Waals surface area contributed by atoms with Gasteiger partial charge in [0.1, 0.15) is 0 Å². The van der Waals surface area contributed by atoms with Crippen molar-refractivity contribution in [2.24, 2.45) is 0 Å². The molecular formula is C13H13N3O6S. The summed E-state index contributed by atoms with van der Waals surface area (Å²) in [5.41, 5.74) is -0.231. The zero-order valence-corrected chi connectivity index (χ0v) is 12.7. The number of aromatic nitrogens is 1. The number of amides is 3. The van der Waals surface area contributed by atoms with Gasteiger partial charge in [0.2, 0.25) is 5.91 Å². The lowest BCUT2D eigenvalue weighted by Gasteiger charge is -2.13. The highest BCUT2D eigenvalue weighted by atomic mass is 32.2. The Bertz CT molecular complexity index is 634. The molecule has 1 N–H and O–H groups in total. The summed E-state index contributed by atoms with van der Waals surface area (Å²) in [6, 6.07) is 4.22. The van der Waals surface area contributed by atoms with E-state index in [0.717, 1.165) is 22.9 Å². The van der Waals surface area contributed by atoms with Gasteiger partial charge in [-0.3, -0.25) is 19.3 Å². The number of thioether (sulfide) groups is 1. The van der Waals surface area contributed by atoms with E-state index in [4.69, 9.17) is 4.74 Å². The highest BCUT2D eigenvalue weighted by Gasteiger charge is 2.29. The molecular weight excluding hydrogens is 326 g/mol. The average molecular weight is 339 g/mol. The standard InChI is InChI=1S/C13H13N3O6S/c17-10(14-4-6-15-11(18)8-23-13(15)20)7-22-12(19)9-3-1-2-5-16(9)21/h1-3,5H,4,6-8H2,(H,14,17). The lowest BCUT2D eigenvalue weighted by molar-refractivity contribution is -0.608. The maximum absolute atomic E-state index is 11.6. The molecule has 1 aromatic heterocycles. The monoisotopic (exact) mass is 339 g/mol. The molecule has 1 aliphatic heterocycles. The summed E-state index contributed by atoms with van der Waals surface area (Å²) in [4.78, 5) is 46.8. The number of hydrogen-bond donors (Lipinski definition) is 1. The van der Waals surface area contributed by atoms with E-state index >= 15 is 0 Å². The van der Waals surface area contributed by atoms with E-state index in [-0.39, 0.29) is 35.7 Å². The predicted octanol–water partition coefficient (Wildman–Crippen LogP) is -0.712. The van der Waals surface area contributed by atoms with Crippen molar-refractivity contribution in [1.82, 2.24) is 10.2 Å². The number of nitrogens with one attached hydrogen (secondary N) is 1. The Morgan fingerprint density at radius 1 is 1.39 bits per heavy atom. The molecule has 1 fully saturated rings. The Morgan fingerprint density at radius 2 is 2.17 bits per heavy atom. The minimum absolute atomic E-state index is 0.0569. The number of carbonyl (C=O) groups excluding carboxylic acids is 4. The molecule has 0 radical (unpaired) electrons. The minimum atomic E-state index is -0.919. The molecule has 2 rings (SSSR count). The number of nitrogens with zero attached hydrogens (tertiary/aromatic N) is 2. The van der Waals surface area contributed by atoms with Crippen LogP contribution in [-0.2, 0) is 14.3 Å². The van der Waals surface area contributed by atoms with Gasteiger partial charge in [0, 0.05) is 25.2 Å². The van der Waals surface area contributed by atoms with Crippen molar-refractivity contribution in [3.8, 4) is 0 Å². The van der Waals surface area contributed by atoms with Crippen molar-refractivity contribution in [1.29, 1.82) is 0 Å². The van der Waals surface area contributed by atoms with Gasteiger partial charge in [-0.15, -0.1) is 0 Å². The molecule has 0 atom stereocenters. The molecule has 0 spiro atoms. The number of ether oxygens (including phenoxy) is 1. The number of pyridine rings is 1. The fraction of sp³-hybridized carbons (Fsp3) is 0.308. The summed E-state index contributed by atoms with van der Waals surface area (Å²) in [7, 11) is 0. The average Bonchev–Trinajstić information content (AvgIpc) is 2.85. The Balaban J connectivity index is 1.71. The molecule has 0 bridgehead atoms. The van der Waals surface area contributed by atoms with Crippen molar-refractivity contribution in [3.63, 3.8) is 0 Å². The van der Waals surface area contributed by atoms with E-state index in [1.165, 1.54) is 18.2 Å². The van der Waals surface area contributed by atoms with Crippen molar-refractivity contribution in [2.45, 2.75) is 0 Å². The van der Waals surface area contributed by atoms with Gasteiger partial charge in [0.25, 0.3) is 11.1 Å². The summed E-state index contributed by atoms with van der Waals surface area (Å²) >= 11 is 0.909. The molecule has 1 saturated heterocycles. The lowest BCUT2D eigenvalue weighted by Crippen LogP contribution is -2.39. The molecule has 0 saturated carbocycles. The molecule has 10 heteroatoms. The molecule has 0 unspecified atom stereocenters. The zero-order valence-electron chi connectivity index (χ0n) is 11.9. The highest BCUT2D eigenvalue weighted by Crippen LogP contribution is 2.17. The molecule has 1 aromatic rings. The second kappa shape index (κ2) is 7.58. The third kappa shape index (κ3) is 4.42. The van der Waals surface area contributed by atoms with Crippen LogP contribution in [0.1, 0.15) is 10.5 Å². The van der Waals surface area contributed by atoms with Crippen LogP contribution in [0.5, 0.6) is 0 Å². The van der Waals surface area contributed by atoms with Gasteiger partial charge in [-0.1, -0.05) is 11.8 Å². The molecule has 0 aliphatic carbocycles. The fourth-order valence-electron chi connectivity index (χ4n) is 1.75. The smallest absolute Gasteiger partial charge is 0.405 e. The first kappa shape index (κ1) is 16.7. The topological polar surface area (TPSA) is 120 Å². The van der Waals surface area contributed by atoms with Crippen LogP contribution < -0.4 is 10.0 Å². The molecule has 23 heavy (non-hydrogen) atoms. The molecule has 0 aromatic carbocycles. The molecule has 122 valence electrons. The number of rotatable bonds is 6. The first-order valence-electron chi connectivity index (χ1n) is 6.58. The van der Waals surface area contributed by atoms with Crippen LogP contribution in [0.2, 0.25) is 0 Å². The van der Waals surface area contributed by atoms with E-state index in [1.807, 2.05) is 0 Å². The lowest BCUT2D eigenvalue weighted by atomic mass is 10.3. The van der Waals surface area contributed by atoms with Crippen molar-refractivity contribution >= 4 is 34.8 Å². The minimum Gasteiger partial charge on any atom is -0.618 e.